The SMILES string of the molecule is O=c1cc(-c2ccccc2)oc2ccc(/C=N/OCCN3CCCC3)cc12. The van der Waals surface area contributed by atoms with Crippen molar-refractivity contribution < 1.29 is 9.25 Å². The first-order valence-electron chi connectivity index (χ1n) is 9.31. The van der Waals surface area contributed by atoms with Crippen molar-refractivity contribution >= 4 is 17.2 Å². The quantitative estimate of drug-likeness (QED) is 0.379. The number of nitrogens with zero attached hydrogens (tertiary/aromatic N) is 2. The van der Waals surface area contributed by atoms with Crippen LogP contribution < -0.4 is 5.43 Å². The van der Waals surface area contributed by atoms with Gasteiger partial charge in [-0.3, -0.25) is 9.69 Å². The van der Waals surface area contributed by atoms with Crippen LogP contribution in [0.4, 0.5) is 0 Å². The van der Waals surface area contributed by atoms with Crippen LogP contribution in [0.15, 0.2) is 69.0 Å². The van der Waals surface area contributed by atoms with Gasteiger partial charge in [-0.25, -0.2) is 0 Å². The maximum atomic E-state index is 12.5. The normalized spacial score (nSPS) is 15.0. The van der Waals surface area contributed by atoms with Crippen molar-refractivity contribution in [3.8, 4) is 11.3 Å². The van der Waals surface area contributed by atoms with Gasteiger partial charge in [-0.15, -0.1) is 0 Å². The predicted molar refractivity (Wildman–Crippen MR) is 107 cm³/mol. The summed E-state index contributed by atoms with van der Waals surface area (Å²) in [5.41, 5.74) is 2.19. The van der Waals surface area contributed by atoms with Crippen LogP contribution in [0.5, 0.6) is 0 Å². The van der Waals surface area contributed by atoms with Gasteiger partial charge in [0.15, 0.2) is 5.43 Å². The first-order chi connectivity index (χ1) is 13.3. The van der Waals surface area contributed by atoms with E-state index in [1.165, 1.54) is 18.9 Å². The molecule has 1 aromatic heterocycles. The molecule has 0 atom stereocenters. The van der Waals surface area contributed by atoms with Gasteiger partial charge in [-0.2, -0.15) is 0 Å². The zero-order valence-corrected chi connectivity index (χ0v) is 15.1. The van der Waals surface area contributed by atoms with Crippen LogP contribution in [0.1, 0.15) is 18.4 Å². The zero-order valence-electron chi connectivity index (χ0n) is 15.1. The summed E-state index contributed by atoms with van der Waals surface area (Å²) < 4.78 is 5.90. The lowest BCUT2D eigenvalue weighted by Crippen LogP contribution is -2.23. The van der Waals surface area contributed by atoms with E-state index in [2.05, 4.69) is 10.1 Å². The van der Waals surface area contributed by atoms with Crippen LogP contribution in [0, 0.1) is 0 Å². The standard InChI is InChI=1S/C22H22N2O3/c25-20-15-22(18-6-2-1-3-7-18)27-21-9-8-17(14-19(20)21)16-23-26-13-12-24-10-4-5-11-24/h1-3,6-9,14-16H,4-5,10-13H2/b23-16+. The van der Waals surface area contributed by atoms with Crippen molar-refractivity contribution in [2.24, 2.45) is 5.16 Å². The molecule has 0 saturated carbocycles. The Labute approximate surface area is 157 Å². The smallest absolute Gasteiger partial charge is 0.193 e. The Bertz CT molecular complexity index is 989. The van der Waals surface area contributed by atoms with Gasteiger partial charge < -0.3 is 9.25 Å². The topological polar surface area (TPSA) is 55.0 Å². The molecule has 3 aromatic rings. The van der Waals surface area contributed by atoms with Gasteiger partial charge in [0.1, 0.15) is 18.0 Å². The lowest BCUT2D eigenvalue weighted by atomic mass is 10.1. The maximum absolute atomic E-state index is 12.5. The molecule has 138 valence electrons. The van der Waals surface area contributed by atoms with E-state index in [1.54, 1.807) is 18.3 Å². The third kappa shape index (κ3) is 4.26. The van der Waals surface area contributed by atoms with Crippen molar-refractivity contribution in [2.75, 3.05) is 26.2 Å². The highest BCUT2D eigenvalue weighted by atomic mass is 16.6. The van der Waals surface area contributed by atoms with Gasteiger partial charge >= 0.3 is 0 Å². The molecular weight excluding hydrogens is 340 g/mol. The van der Waals surface area contributed by atoms with Gasteiger partial charge in [0.25, 0.3) is 0 Å². The maximum Gasteiger partial charge on any atom is 0.193 e. The number of hydrogen-bond acceptors (Lipinski definition) is 5. The molecule has 5 nitrogen and oxygen atoms in total. The first kappa shape index (κ1) is 17.5. The molecule has 0 aliphatic carbocycles. The molecule has 2 heterocycles. The van der Waals surface area contributed by atoms with E-state index in [4.69, 9.17) is 9.25 Å². The highest BCUT2D eigenvalue weighted by Crippen LogP contribution is 2.22. The Morgan fingerprint density at radius 2 is 1.89 bits per heavy atom. The second kappa shape index (κ2) is 8.18. The molecule has 4 rings (SSSR count). The van der Waals surface area contributed by atoms with E-state index < -0.39 is 0 Å². The number of fused-ring (bicyclic) bond motifs is 1. The molecule has 2 aromatic carbocycles. The van der Waals surface area contributed by atoms with Crippen molar-refractivity contribution in [1.29, 1.82) is 0 Å². The largest absolute Gasteiger partial charge is 0.456 e. The van der Waals surface area contributed by atoms with Crippen molar-refractivity contribution in [3.63, 3.8) is 0 Å². The fourth-order valence-corrected chi connectivity index (χ4v) is 3.33. The first-order valence-corrected chi connectivity index (χ1v) is 9.31. The summed E-state index contributed by atoms with van der Waals surface area (Å²) in [6.45, 7) is 3.78. The van der Waals surface area contributed by atoms with Crippen LogP contribution >= 0.6 is 0 Å². The molecule has 1 aliphatic rings. The van der Waals surface area contributed by atoms with Gasteiger partial charge in [0.2, 0.25) is 0 Å². The average Bonchev–Trinajstić information content (AvgIpc) is 3.22. The van der Waals surface area contributed by atoms with Gasteiger partial charge in [0, 0.05) is 18.2 Å². The van der Waals surface area contributed by atoms with E-state index in [-0.39, 0.29) is 5.43 Å². The number of hydrogen-bond donors (Lipinski definition) is 0. The van der Waals surface area contributed by atoms with E-state index in [9.17, 15) is 4.79 Å². The number of rotatable bonds is 6. The Morgan fingerprint density at radius 3 is 2.70 bits per heavy atom. The van der Waals surface area contributed by atoms with Crippen LogP contribution in [0.3, 0.4) is 0 Å². The Kier molecular flexibility index (Phi) is 5.30. The number of benzene rings is 2. The second-order valence-corrected chi connectivity index (χ2v) is 6.71. The van der Waals surface area contributed by atoms with E-state index in [1.807, 2.05) is 36.4 Å². The predicted octanol–water partition coefficient (Wildman–Crippen LogP) is 3.91. The van der Waals surface area contributed by atoms with E-state index >= 15 is 0 Å². The van der Waals surface area contributed by atoms with Crippen molar-refractivity contribution in [2.45, 2.75) is 12.8 Å². The molecule has 0 radical (unpaired) electrons. The fraction of sp³-hybridized carbons (Fsp3) is 0.273. The third-order valence-corrected chi connectivity index (χ3v) is 4.78. The molecule has 0 N–H and O–H groups in total. The Morgan fingerprint density at radius 1 is 1.07 bits per heavy atom. The van der Waals surface area contributed by atoms with Gasteiger partial charge in [-0.05, 0) is 49.7 Å². The highest BCUT2D eigenvalue weighted by Gasteiger charge is 2.10. The fourth-order valence-electron chi connectivity index (χ4n) is 3.33. The van der Waals surface area contributed by atoms with Crippen LogP contribution in [-0.4, -0.2) is 37.4 Å². The Hall–Kier alpha value is -2.92. The molecule has 0 bridgehead atoms. The number of oxime groups is 1. The number of likely N-dealkylation sites (tertiary alicyclic amines) is 1. The van der Waals surface area contributed by atoms with Crippen LogP contribution in [0.25, 0.3) is 22.3 Å². The van der Waals surface area contributed by atoms with Crippen LogP contribution in [-0.2, 0) is 4.84 Å². The van der Waals surface area contributed by atoms with E-state index in [0.717, 1.165) is 30.8 Å². The summed E-state index contributed by atoms with van der Waals surface area (Å²) in [6.07, 6.45) is 4.18. The molecule has 27 heavy (non-hydrogen) atoms. The Balaban J connectivity index is 1.46. The minimum Gasteiger partial charge on any atom is -0.456 e. The van der Waals surface area contributed by atoms with E-state index in [0.29, 0.717) is 23.3 Å². The summed E-state index contributed by atoms with van der Waals surface area (Å²) >= 11 is 0. The molecule has 0 spiro atoms. The average molecular weight is 362 g/mol. The molecule has 0 amide bonds. The van der Waals surface area contributed by atoms with Gasteiger partial charge in [0.05, 0.1) is 11.6 Å². The van der Waals surface area contributed by atoms with Crippen molar-refractivity contribution in [3.05, 3.63) is 70.4 Å². The lowest BCUT2D eigenvalue weighted by Gasteiger charge is -2.12. The molecule has 1 saturated heterocycles. The zero-order chi connectivity index (χ0) is 18.5. The molecule has 1 aliphatic heterocycles. The minimum atomic E-state index is -0.0692. The monoisotopic (exact) mass is 362 g/mol. The molecule has 5 heteroatoms. The molecule has 0 unspecified atom stereocenters. The molecule has 1 fully saturated rings. The summed E-state index contributed by atoms with van der Waals surface area (Å²) in [5, 5.41) is 4.56. The summed E-state index contributed by atoms with van der Waals surface area (Å²) in [4.78, 5) is 20.2. The lowest BCUT2D eigenvalue weighted by molar-refractivity contribution is 0.120. The highest BCUT2D eigenvalue weighted by molar-refractivity contribution is 5.88. The summed E-state index contributed by atoms with van der Waals surface area (Å²) in [7, 11) is 0. The second-order valence-electron chi connectivity index (χ2n) is 6.71. The summed E-state index contributed by atoms with van der Waals surface area (Å²) in [5.74, 6) is 0.569. The summed E-state index contributed by atoms with van der Waals surface area (Å²) in [6, 6.07) is 16.6. The van der Waals surface area contributed by atoms with Crippen molar-refractivity contribution in [1.82, 2.24) is 4.90 Å². The minimum absolute atomic E-state index is 0.0692. The third-order valence-electron chi connectivity index (χ3n) is 4.78. The van der Waals surface area contributed by atoms with Gasteiger partial charge in [-0.1, -0.05) is 35.5 Å². The molecular formula is C22H22N2O3. The van der Waals surface area contributed by atoms with Crippen LogP contribution in [0.2, 0.25) is 0 Å².